The molecule has 2 aromatic rings. The summed E-state index contributed by atoms with van der Waals surface area (Å²) in [6.45, 7) is 3.82. The Labute approximate surface area is 169 Å². The van der Waals surface area contributed by atoms with Gasteiger partial charge < -0.3 is 24.8 Å². The van der Waals surface area contributed by atoms with E-state index in [2.05, 4.69) is 15.6 Å². The predicted octanol–water partition coefficient (Wildman–Crippen LogP) is 1.93. The molecule has 1 unspecified atom stereocenters. The number of carbonyl (C=O) groups is 1. The highest BCUT2D eigenvalue weighted by molar-refractivity contribution is 6.07. The number of pyridine rings is 1. The molecule has 2 N–H and O–H groups in total. The van der Waals surface area contributed by atoms with Crippen LogP contribution in [0.2, 0.25) is 0 Å². The molecule has 0 spiro atoms. The van der Waals surface area contributed by atoms with Crippen LogP contribution < -0.4 is 15.4 Å². The van der Waals surface area contributed by atoms with Gasteiger partial charge in [0.1, 0.15) is 29.9 Å². The molecule has 29 heavy (non-hydrogen) atoms. The molecule has 0 aliphatic carbocycles. The van der Waals surface area contributed by atoms with E-state index in [1.54, 1.807) is 19.5 Å². The van der Waals surface area contributed by atoms with Crippen LogP contribution in [-0.2, 0) is 6.54 Å². The minimum absolute atomic E-state index is 0.0361. The summed E-state index contributed by atoms with van der Waals surface area (Å²) in [6, 6.07) is 1.84. The molecule has 0 bridgehead atoms. The molecule has 0 radical (unpaired) electrons. The van der Waals surface area contributed by atoms with Crippen LogP contribution in [0.4, 0.5) is 4.39 Å². The van der Waals surface area contributed by atoms with Crippen molar-refractivity contribution in [1.29, 1.82) is 0 Å². The molecule has 3 heterocycles. The van der Waals surface area contributed by atoms with Gasteiger partial charge in [0.15, 0.2) is 0 Å². The maximum atomic E-state index is 12.5. The van der Waals surface area contributed by atoms with Crippen LogP contribution in [0.5, 0.6) is 5.75 Å². The van der Waals surface area contributed by atoms with E-state index in [4.69, 9.17) is 9.73 Å². The zero-order valence-corrected chi connectivity index (χ0v) is 17.4. The fourth-order valence-electron chi connectivity index (χ4n) is 3.40. The molecular formula is C20H27FN6O2. The van der Waals surface area contributed by atoms with Crippen molar-refractivity contribution in [3.63, 3.8) is 0 Å². The van der Waals surface area contributed by atoms with Crippen LogP contribution in [0.15, 0.2) is 34.8 Å². The lowest BCUT2D eigenvalue weighted by molar-refractivity contribution is 0.0952. The Balaban J connectivity index is 2.05. The van der Waals surface area contributed by atoms with Crippen LogP contribution in [0, 0.1) is 0 Å². The molecule has 0 aromatic carbocycles. The van der Waals surface area contributed by atoms with Crippen molar-refractivity contribution in [3.8, 4) is 5.75 Å². The zero-order valence-electron chi connectivity index (χ0n) is 17.4. The molecule has 0 saturated heterocycles. The highest BCUT2D eigenvalue weighted by atomic mass is 19.1. The number of nitrogens with one attached hydrogen (secondary N) is 2. The number of alkyl halides is 1. The number of allylic oxidation sites excluding steroid dienone is 1. The number of aliphatic imine (C=N–C) groups is 1. The third kappa shape index (κ3) is 4.18. The normalized spacial score (nSPS) is 16.5. The first-order valence-corrected chi connectivity index (χ1v) is 9.44. The Morgan fingerprint density at radius 2 is 2.21 bits per heavy atom. The number of rotatable bonds is 7. The van der Waals surface area contributed by atoms with Crippen molar-refractivity contribution in [1.82, 2.24) is 25.1 Å². The number of halogens is 1. The van der Waals surface area contributed by atoms with Gasteiger partial charge in [0, 0.05) is 38.5 Å². The number of nitrogens with zero attached hydrogens (tertiary/aromatic N) is 4. The number of methoxy groups -OCH3 is 1. The van der Waals surface area contributed by atoms with Crippen molar-refractivity contribution in [2.75, 3.05) is 34.4 Å². The lowest BCUT2D eigenvalue weighted by atomic mass is 10.1. The summed E-state index contributed by atoms with van der Waals surface area (Å²) >= 11 is 0. The number of aromatic nitrogens is 2. The summed E-state index contributed by atoms with van der Waals surface area (Å²) in [5, 5.41) is 5.93. The smallest absolute Gasteiger partial charge is 0.255 e. The van der Waals surface area contributed by atoms with Crippen LogP contribution in [0.1, 0.15) is 24.2 Å². The molecular weight excluding hydrogens is 375 g/mol. The fraction of sp³-hybridized carbons (Fsp3) is 0.450. The van der Waals surface area contributed by atoms with Crippen molar-refractivity contribution < 1.29 is 13.9 Å². The summed E-state index contributed by atoms with van der Waals surface area (Å²) in [6.07, 6.45) is 3.24. The van der Waals surface area contributed by atoms with Gasteiger partial charge in [0.2, 0.25) is 0 Å². The Morgan fingerprint density at radius 3 is 2.86 bits per heavy atom. The Hall–Kier alpha value is -3.10. The molecule has 9 heteroatoms. The Bertz CT molecular complexity index is 979. The lowest BCUT2D eigenvalue weighted by Gasteiger charge is -2.29. The van der Waals surface area contributed by atoms with Crippen molar-refractivity contribution in [3.05, 3.63) is 35.4 Å². The first-order chi connectivity index (χ1) is 13.8. The van der Waals surface area contributed by atoms with Crippen LogP contribution in [0.3, 0.4) is 0 Å². The number of hydrogen-bond donors (Lipinski definition) is 2. The van der Waals surface area contributed by atoms with Gasteiger partial charge in [-0.1, -0.05) is 0 Å². The second-order valence-electron chi connectivity index (χ2n) is 7.12. The van der Waals surface area contributed by atoms with Crippen molar-refractivity contribution in [2.24, 2.45) is 4.99 Å². The molecule has 1 atom stereocenters. The molecule has 0 saturated carbocycles. The average molecular weight is 402 g/mol. The van der Waals surface area contributed by atoms with Gasteiger partial charge in [-0.05, 0) is 13.8 Å². The molecule has 1 aliphatic rings. The van der Waals surface area contributed by atoms with Gasteiger partial charge in [-0.15, -0.1) is 0 Å². The first-order valence-electron chi connectivity index (χ1n) is 9.44. The molecule has 0 fully saturated rings. The van der Waals surface area contributed by atoms with E-state index in [0.717, 1.165) is 22.6 Å². The van der Waals surface area contributed by atoms with Crippen LogP contribution in [0.25, 0.3) is 11.0 Å². The maximum absolute atomic E-state index is 12.5. The summed E-state index contributed by atoms with van der Waals surface area (Å²) in [5.74, 6) is 1.25. The van der Waals surface area contributed by atoms with Gasteiger partial charge in [0.25, 0.3) is 5.91 Å². The van der Waals surface area contributed by atoms with Gasteiger partial charge in [-0.3, -0.25) is 9.79 Å². The van der Waals surface area contributed by atoms with E-state index in [1.165, 1.54) is 0 Å². The molecule has 2 aromatic heterocycles. The van der Waals surface area contributed by atoms with E-state index < -0.39 is 6.67 Å². The first kappa shape index (κ1) is 20.6. The van der Waals surface area contributed by atoms with Gasteiger partial charge in [0.05, 0.1) is 36.6 Å². The Morgan fingerprint density at radius 1 is 1.45 bits per heavy atom. The van der Waals surface area contributed by atoms with Gasteiger partial charge >= 0.3 is 0 Å². The summed E-state index contributed by atoms with van der Waals surface area (Å²) in [7, 11) is 5.53. The monoisotopic (exact) mass is 402 g/mol. The van der Waals surface area contributed by atoms with Crippen LogP contribution >= 0.6 is 0 Å². The SMILES string of the molecule is COc1cnc2c(C(=O)NCCF)cn(CC3=NC(C)NC(N(C)C)=C3C)c2c1. The molecule has 156 valence electrons. The number of hydrogen-bond acceptors (Lipinski definition) is 6. The van der Waals surface area contributed by atoms with Crippen LogP contribution in [-0.4, -0.2) is 66.7 Å². The topological polar surface area (TPSA) is 83.8 Å². The molecule has 1 aliphatic heterocycles. The van der Waals surface area contributed by atoms with E-state index in [9.17, 15) is 9.18 Å². The van der Waals surface area contributed by atoms with Crippen molar-refractivity contribution in [2.45, 2.75) is 26.6 Å². The second kappa shape index (κ2) is 8.50. The lowest BCUT2D eigenvalue weighted by Crippen LogP contribution is -2.38. The van der Waals surface area contributed by atoms with Gasteiger partial charge in [-0.2, -0.15) is 0 Å². The second-order valence-corrected chi connectivity index (χ2v) is 7.12. The number of amides is 1. The quantitative estimate of drug-likeness (QED) is 0.739. The molecule has 1 amide bonds. The minimum atomic E-state index is -0.620. The number of fused-ring (bicyclic) bond motifs is 1. The van der Waals surface area contributed by atoms with E-state index >= 15 is 0 Å². The number of ether oxygens (including phenoxy) is 1. The molecule has 8 nitrogen and oxygen atoms in total. The zero-order chi connectivity index (χ0) is 21.1. The van der Waals surface area contributed by atoms with Crippen molar-refractivity contribution >= 4 is 22.7 Å². The van der Waals surface area contributed by atoms with Gasteiger partial charge in [-0.25, -0.2) is 9.37 Å². The Kier molecular flexibility index (Phi) is 6.05. The van der Waals surface area contributed by atoms with E-state index in [-0.39, 0.29) is 18.6 Å². The molecule has 3 rings (SSSR count). The van der Waals surface area contributed by atoms with E-state index in [0.29, 0.717) is 23.4 Å². The average Bonchev–Trinajstić information content (AvgIpc) is 3.06. The third-order valence-electron chi connectivity index (χ3n) is 4.80. The maximum Gasteiger partial charge on any atom is 0.255 e. The minimum Gasteiger partial charge on any atom is -0.495 e. The standard InChI is InChI=1S/C20H27FN6O2/c1-12-16(24-13(2)25-19(12)26(3)4)11-27-10-15(20(28)22-7-6-21)18-17(27)8-14(29-5)9-23-18/h8-10,13,25H,6-7,11H2,1-5H3,(H,22,28). The highest BCUT2D eigenvalue weighted by Crippen LogP contribution is 2.25. The predicted molar refractivity (Wildman–Crippen MR) is 111 cm³/mol. The fourth-order valence-corrected chi connectivity index (χ4v) is 3.40. The largest absolute Gasteiger partial charge is 0.495 e. The highest BCUT2D eigenvalue weighted by Gasteiger charge is 2.22. The summed E-state index contributed by atoms with van der Waals surface area (Å²) in [4.78, 5) is 23.7. The summed E-state index contributed by atoms with van der Waals surface area (Å²) < 4.78 is 19.7. The summed E-state index contributed by atoms with van der Waals surface area (Å²) in [5.41, 5.74) is 3.64. The number of carbonyl (C=O) groups excluding carboxylic acids is 1. The van der Waals surface area contributed by atoms with E-state index in [1.807, 2.05) is 43.5 Å². The third-order valence-corrected chi connectivity index (χ3v) is 4.80.